The van der Waals surface area contributed by atoms with Gasteiger partial charge in [-0.1, -0.05) is 30.3 Å². The van der Waals surface area contributed by atoms with Crippen LogP contribution in [0.15, 0.2) is 60.8 Å². The summed E-state index contributed by atoms with van der Waals surface area (Å²) in [6.45, 7) is 0. The summed E-state index contributed by atoms with van der Waals surface area (Å²) in [4.78, 5) is 21.2. The maximum atomic E-state index is 13.0. The first-order chi connectivity index (χ1) is 12.2. The van der Waals surface area contributed by atoms with Crippen LogP contribution in [0.4, 0.5) is 16.0 Å². The van der Waals surface area contributed by atoms with Crippen LogP contribution in [-0.2, 0) is 6.42 Å². The summed E-state index contributed by atoms with van der Waals surface area (Å²) in [7, 11) is 0. The van der Waals surface area contributed by atoms with E-state index in [2.05, 4.69) is 15.3 Å². The third-order valence-corrected chi connectivity index (χ3v) is 4.41. The van der Waals surface area contributed by atoms with E-state index < -0.39 is 0 Å². The molecule has 5 heteroatoms. The van der Waals surface area contributed by atoms with Gasteiger partial charge in [-0.25, -0.2) is 14.4 Å². The van der Waals surface area contributed by atoms with Crippen molar-refractivity contribution in [2.75, 3.05) is 5.32 Å². The van der Waals surface area contributed by atoms with Crippen LogP contribution in [0.1, 0.15) is 34.0 Å². The van der Waals surface area contributed by atoms with Crippen LogP contribution in [0.2, 0.25) is 0 Å². The molecule has 0 fully saturated rings. The molecule has 0 amide bonds. The second kappa shape index (κ2) is 6.43. The highest BCUT2D eigenvalue weighted by molar-refractivity contribution is 5.98. The standard InChI is InChI=1S/C20H16FN3O/c21-15-6-8-16(9-7-15)23-20-22-12-17-18(24-20)10-14(11-19(17)25)13-4-2-1-3-5-13/h1-9,12,14H,10-11H2,(H,22,23,24)/t14-/m0/s1. The first kappa shape index (κ1) is 15.4. The predicted molar refractivity (Wildman–Crippen MR) is 93.5 cm³/mol. The third-order valence-electron chi connectivity index (χ3n) is 4.41. The minimum atomic E-state index is -0.298. The third kappa shape index (κ3) is 3.26. The number of ketones is 1. The molecule has 0 aliphatic heterocycles. The van der Waals surface area contributed by atoms with Gasteiger partial charge in [0.1, 0.15) is 5.82 Å². The second-order valence-electron chi connectivity index (χ2n) is 6.12. The van der Waals surface area contributed by atoms with Gasteiger partial charge in [-0.3, -0.25) is 4.79 Å². The average Bonchev–Trinajstić information content (AvgIpc) is 2.64. The van der Waals surface area contributed by atoms with Crippen LogP contribution in [0, 0.1) is 5.82 Å². The number of hydrogen-bond donors (Lipinski definition) is 1. The van der Waals surface area contributed by atoms with Crippen LogP contribution < -0.4 is 5.32 Å². The van der Waals surface area contributed by atoms with Gasteiger partial charge < -0.3 is 5.32 Å². The lowest BCUT2D eigenvalue weighted by Crippen LogP contribution is -2.21. The normalized spacial score (nSPS) is 16.4. The molecule has 0 radical (unpaired) electrons. The molecular formula is C20H16FN3O. The SMILES string of the molecule is O=C1C[C@@H](c2ccccc2)Cc2nc(Nc3ccc(F)cc3)ncc21. The topological polar surface area (TPSA) is 54.9 Å². The Bertz CT molecular complexity index is 910. The molecule has 1 N–H and O–H groups in total. The smallest absolute Gasteiger partial charge is 0.227 e. The number of nitrogens with one attached hydrogen (secondary N) is 1. The number of hydrogen-bond acceptors (Lipinski definition) is 4. The highest BCUT2D eigenvalue weighted by Crippen LogP contribution is 2.32. The number of rotatable bonds is 3. The van der Waals surface area contributed by atoms with Gasteiger partial charge in [0.05, 0.1) is 11.3 Å². The summed E-state index contributed by atoms with van der Waals surface area (Å²) in [5, 5.41) is 3.05. The maximum Gasteiger partial charge on any atom is 0.227 e. The van der Waals surface area contributed by atoms with Crippen LogP contribution in [-0.4, -0.2) is 15.8 Å². The van der Waals surface area contributed by atoms with E-state index >= 15 is 0 Å². The van der Waals surface area contributed by atoms with Crippen LogP contribution >= 0.6 is 0 Å². The van der Waals surface area contributed by atoms with Crippen molar-refractivity contribution in [3.8, 4) is 0 Å². The van der Waals surface area contributed by atoms with Crippen molar-refractivity contribution in [1.82, 2.24) is 9.97 Å². The van der Waals surface area contributed by atoms with E-state index in [1.165, 1.54) is 12.1 Å². The summed E-state index contributed by atoms with van der Waals surface area (Å²) < 4.78 is 13.0. The van der Waals surface area contributed by atoms with Crippen molar-refractivity contribution in [3.63, 3.8) is 0 Å². The lowest BCUT2D eigenvalue weighted by atomic mass is 9.82. The van der Waals surface area contributed by atoms with E-state index in [4.69, 9.17) is 0 Å². The number of nitrogens with zero attached hydrogens (tertiary/aromatic N) is 2. The molecule has 25 heavy (non-hydrogen) atoms. The number of halogens is 1. The molecule has 1 aliphatic carbocycles. The van der Waals surface area contributed by atoms with Gasteiger partial charge in [0.2, 0.25) is 5.95 Å². The Morgan fingerprint density at radius 3 is 2.52 bits per heavy atom. The number of carbonyl (C=O) groups excluding carboxylic acids is 1. The zero-order valence-electron chi connectivity index (χ0n) is 13.4. The van der Waals surface area contributed by atoms with Crippen molar-refractivity contribution >= 4 is 17.4 Å². The quantitative estimate of drug-likeness (QED) is 0.777. The van der Waals surface area contributed by atoms with Crippen molar-refractivity contribution in [1.29, 1.82) is 0 Å². The molecule has 124 valence electrons. The van der Waals surface area contributed by atoms with E-state index in [1.54, 1.807) is 18.3 Å². The average molecular weight is 333 g/mol. The Hall–Kier alpha value is -3.08. The maximum absolute atomic E-state index is 13.0. The number of Topliss-reactive ketones (excluding diaryl/α,β-unsaturated/α-hetero) is 1. The molecular weight excluding hydrogens is 317 g/mol. The molecule has 1 aromatic heterocycles. The van der Waals surface area contributed by atoms with E-state index in [-0.39, 0.29) is 17.5 Å². The minimum absolute atomic E-state index is 0.0726. The predicted octanol–water partition coefficient (Wildman–Crippen LogP) is 4.27. The summed E-state index contributed by atoms with van der Waals surface area (Å²) in [6, 6.07) is 16.0. The van der Waals surface area contributed by atoms with Crippen LogP contribution in [0.3, 0.4) is 0 Å². The lowest BCUT2D eigenvalue weighted by molar-refractivity contribution is 0.0962. The summed E-state index contributed by atoms with van der Waals surface area (Å²) in [5.41, 5.74) is 3.19. The van der Waals surface area contributed by atoms with Crippen molar-refractivity contribution < 1.29 is 9.18 Å². The number of benzene rings is 2. The molecule has 1 aliphatic rings. The molecule has 0 saturated heterocycles. The van der Waals surface area contributed by atoms with E-state index in [9.17, 15) is 9.18 Å². The van der Waals surface area contributed by atoms with Gasteiger partial charge in [-0.15, -0.1) is 0 Å². The zero-order valence-corrected chi connectivity index (χ0v) is 13.4. The molecule has 4 rings (SSSR count). The monoisotopic (exact) mass is 333 g/mol. The Morgan fingerprint density at radius 1 is 1.00 bits per heavy atom. The highest BCUT2D eigenvalue weighted by atomic mass is 19.1. The van der Waals surface area contributed by atoms with E-state index in [0.29, 0.717) is 30.0 Å². The van der Waals surface area contributed by atoms with Crippen molar-refractivity contribution in [2.45, 2.75) is 18.8 Å². The van der Waals surface area contributed by atoms with Crippen molar-refractivity contribution in [3.05, 3.63) is 83.4 Å². The van der Waals surface area contributed by atoms with Crippen LogP contribution in [0.5, 0.6) is 0 Å². The Kier molecular flexibility index (Phi) is 3.98. The number of anilines is 2. The van der Waals surface area contributed by atoms with Gasteiger partial charge in [0.15, 0.2) is 5.78 Å². The molecule has 0 unspecified atom stereocenters. The van der Waals surface area contributed by atoms with Gasteiger partial charge in [-0.2, -0.15) is 0 Å². The summed E-state index contributed by atoms with van der Waals surface area (Å²) in [5.74, 6) is 0.318. The summed E-state index contributed by atoms with van der Waals surface area (Å²) >= 11 is 0. The van der Waals surface area contributed by atoms with Crippen LogP contribution in [0.25, 0.3) is 0 Å². The Labute approximate surface area is 144 Å². The number of aromatic nitrogens is 2. The lowest BCUT2D eigenvalue weighted by Gasteiger charge is -2.23. The fourth-order valence-electron chi connectivity index (χ4n) is 3.13. The Balaban J connectivity index is 1.61. The zero-order chi connectivity index (χ0) is 17.2. The van der Waals surface area contributed by atoms with Gasteiger partial charge in [-0.05, 0) is 42.2 Å². The first-order valence-electron chi connectivity index (χ1n) is 8.16. The molecule has 0 saturated carbocycles. The molecule has 3 aromatic rings. The van der Waals surface area contributed by atoms with E-state index in [0.717, 1.165) is 11.3 Å². The first-order valence-corrected chi connectivity index (χ1v) is 8.16. The molecule has 0 spiro atoms. The second-order valence-corrected chi connectivity index (χ2v) is 6.12. The van der Waals surface area contributed by atoms with Gasteiger partial charge in [0, 0.05) is 18.3 Å². The van der Waals surface area contributed by atoms with Gasteiger partial charge in [0.25, 0.3) is 0 Å². The molecule has 1 atom stereocenters. The fourth-order valence-corrected chi connectivity index (χ4v) is 3.13. The Morgan fingerprint density at radius 2 is 1.76 bits per heavy atom. The molecule has 1 heterocycles. The summed E-state index contributed by atoms with van der Waals surface area (Å²) in [6.07, 6.45) is 2.76. The van der Waals surface area contributed by atoms with Gasteiger partial charge >= 0.3 is 0 Å². The molecule has 2 aromatic carbocycles. The molecule has 4 nitrogen and oxygen atoms in total. The number of fused-ring (bicyclic) bond motifs is 1. The highest BCUT2D eigenvalue weighted by Gasteiger charge is 2.27. The fraction of sp³-hybridized carbons (Fsp3) is 0.150. The van der Waals surface area contributed by atoms with E-state index in [1.807, 2.05) is 30.3 Å². The minimum Gasteiger partial charge on any atom is -0.324 e. The molecule has 0 bridgehead atoms. The van der Waals surface area contributed by atoms with Crippen molar-refractivity contribution in [2.24, 2.45) is 0 Å². The number of carbonyl (C=O) groups is 1. The largest absolute Gasteiger partial charge is 0.324 e.